The maximum absolute atomic E-state index is 3.50. The van der Waals surface area contributed by atoms with E-state index in [-0.39, 0.29) is 0 Å². The van der Waals surface area contributed by atoms with Crippen molar-refractivity contribution in [2.45, 2.75) is 12.5 Å². The van der Waals surface area contributed by atoms with Crippen molar-refractivity contribution >= 4 is 11.3 Å². The first-order chi connectivity index (χ1) is 5.95. The smallest absolute Gasteiger partial charge is 0.0233 e. The van der Waals surface area contributed by atoms with Crippen LogP contribution in [0.4, 0.5) is 0 Å². The van der Waals surface area contributed by atoms with Crippen LogP contribution in [0.5, 0.6) is 0 Å². The molecule has 66 valence electrons. The zero-order chi connectivity index (χ0) is 8.23. The first-order valence-electron chi connectivity index (χ1n) is 4.40. The van der Waals surface area contributed by atoms with E-state index in [0.29, 0.717) is 6.04 Å². The van der Waals surface area contributed by atoms with E-state index in [1.54, 1.807) is 11.3 Å². The van der Waals surface area contributed by atoms with E-state index >= 15 is 0 Å². The molecular formula is C9H14N2S. The van der Waals surface area contributed by atoms with Crippen LogP contribution in [-0.2, 0) is 6.42 Å². The van der Waals surface area contributed by atoms with Gasteiger partial charge >= 0.3 is 0 Å². The highest BCUT2D eigenvalue weighted by Gasteiger charge is 2.11. The third-order valence-corrected chi connectivity index (χ3v) is 2.92. The van der Waals surface area contributed by atoms with Gasteiger partial charge in [-0.25, -0.2) is 0 Å². The van der Waals surface area contributed by atoms with Crippen LogP contribution in [-0.4, -0.2) is 25.7 Å². The standard InChI is InChI=1S/C9H14N2S/c1-4-12-7-8(1)5-9-6-10-2-3-11-9/h1,4,7,9-11H,2-3,5-6H2. The SMILES string of the molecule is c1cc(CC2CNCCN2)cs1. The molecule has 1 atom stereocenters. The van der Waals surface area contributed by atoms with Gasteiger partial charge in [-0.15, -0.1) is 0 Å². The Morgan fingerprint density at radius 3 is 3.17 bits per heavy atom. The molecule has 0 aromatic carbocycles. The van der Waals surface area contributed by atoms with Gasteiger partial charge in [0.2, 0.25) is 0 Å². The van der Waals surface area contributed by atoms with Crippen LogP contribution in [0.1, 0.15) is 5.56 Å². The van der Waals surface area contributed by atoms with E-state index < -0.39 is 0 Å². The van der Waals surface area contributed by atoms with E-state index in [2.05, 4.69) is 27.5 Å². The molecule has 1 saturated heterocycles. The summed E-state index contributed by atoms with van der Waals surface area (Å²) in [6.45, 7) is 3.32. The molecule has 0 aliphatic carbocycles. The Balaban J connectivity index is 1.86. The van der Waals surface area contributed by atoms with E-state index in [4.69, 9.17) is 0 Å². The highest BCUT2D eigenvalue weighted by Crippen LogP contribution is 2.08. The molecule has 2 N–H and O–H groups in total. The fraction of sp³-hybridized carbons (Fsp3) is 0.556. The predicted molar refractivity (Wildman–Crippen MR) is 52.7 cm³/mol. The van der Waals surface area contributed by atoms with Crippen molar-refractivity contribution in [3.05, 3.63) is 22.4 Å². The minimum atomic E-state index is 0.633. The van der Waals surface area contributed by atoms with Crippen molar-refractivity contribution in [2.75, 3.05) is 19.6 Å². The van der Waals surface area contributed by atoms with Crippen LogP contribution in [0.3, 0.4) is 0 Å². The van der Waals surface area contributed by atoms with E-state index in [1.807, 2.05) is 0 Å². The second kappa shape index (κ2) is 4.03. The average molecular weight is 182 g/mol. The number of piperazine rings is 1. The molecule has 1 aliphatic heterocycles. The molecule has 12 heavy (non-hydrogen) atoms. The van der Waals surface area contributed by atoms with Gasteiger partial charge in [0, 0.05) is 25.7 Å². The average Bonchev–Trinajstić information content (AvgIpc) is 2.59. The van der Waals surface area contributed by atoms with Crippen LogP contribution in [0.2, 0.25) is 0 Å². The molecule has 1 unspecified atom stereocenters. The number of rotatable bonds is 2. The van der Waals surface area contributed by atoms with Crippen LogP contribution < -0.4 is 10.6 Å². The summed E-state index contributed by atoms with van der Waals surface area (Å²) in [6, 6.07) is 2.84. The third kappa shape index (κ3) is 2.06. The summed E-state index contributed by atoms with van der Waals surface area (Å²) in [5, 5.41) is 11.3. The molecule has 1 aliphatic rings. The third-order valence-electron chi connectivity index (χ3n) is 2.19. The topological polar surface area (TPSA) is 24.1 Å². The van der Waals surface area contributed by atoms with E-state index in [9.17, 15) is 0 Å². The minimum Gasteiger partial charge on any atom is -0.314 e. The summed E-state index contributed by atoms with van der Waals surface area (Å²) in [4.78, 5) is 0. The largest absolute Gasteiger partial charge is 0.314 e. The Morgan fingerprint density at radius 2 is 2.50 bits per heavy atom. The molecule has 2 heterocycles. The van der Waals surface area contributed by atoms with Crippen LogP contribution in [0.25, 0.3) is 0 Å². The summed E-state index contributed by atoms with van der Waals surface area (Å²) >= 11 is 1.78. The second-order valence-corrected chi connectivity index (χ2v) is 3.97. The number of hydrogen-bond donors (Lipinski definition) is 2. The molecule has 2 nitrogen and oxygen atoms in total. The molecular weight excluding hydrogens is 168 g/mol. The zero-order valence-electron chi connectivity index (χ0n) is 7.05. The monoisotopic (exact) mass is 182 g/mol. The molecule has 0 radical (unpaired) electrons. The van der Waals surface area contributed by atoms with Gasteiger partial charge in [-0.05, 0) is 28.8 Å². The second-order valence-electron chi connectivity index (χ2n) is 3.19. The Bertz CT molecular complexity index is 214. The Hall–Kier alpha value is -0.380. The lowest BCUT2D eigenvalue weighted by Crippen LogP contribution is -2.49. The van der Waals surface area contributed by atoms with E-state index in [1.165, 1.54) is 5.56 Å². The summed E-state index contributed by atoms with van der Waals surface area (Å²) in [6.07, 6.45) is 1.16. The van der Waals surface area contributed by atoms with Gasteiger partial charge in [0.25, 0.3) is 0 Å². The lowest BCUT2D eigenvalue weighted by molar-refractivity contribution is 0.417. The van der Waals surface area contributed by atoms with Gasteiger partial charge in [0.05, 0.1) is 0 Å². The molecule has 1 aromatic heterocycles. The van der Waals surface area contributed by atoms with Crippen molar-refractivity contribution in [1.82, 2.24) is 10.6 Å². The first-order valence-corrected chi connectivity index (χ1v) is 5.34. The highest BCUT2D eigenvalue weighted by atomic mass is 32.1. The molecule has 1 fully saturated rings. The Kier molecular flexibility index (Phi) is 2.76. The highest BCUT2D eigenvalue weighted by molar-refractivity contribution is 7.07. The fourth-order valence-corrected chi connectivity index (χ4v) is 2.23. The first kappa shape index (κ1) is 8.23. The molecule has 3 heteroatoms. The van der Waals surface area contributed by atoms with Gasteiger partial charge in [0.15, 0.2) is 0 Å². The van der Waals surface area contributed by atoms with Crippen molar-refractivity contribution in [3.63, 3.8) is 0 Å². The number of thiophene rings is 1. The van der Waals surface area contributed by atoms with Crippen molar-refractivity contribution < 1.29 is 0 Å². The van der Waals surface area contributed by atoms with Crippen molar-refractivity contribution in [2.24, 2.45) is 0 Å². The normalized spacial score (nSPS) is 24.2. The summed E-state index contributed by atoms with van der Waals surface area (Å²) < 4.78 is 0. The van der Waals surface area contributed by atoms with Gasteiger partial charge in [-0.1, -0.05) is 0 Å². The maximum atomic E-state index is 3.50. The maximum Gasteiger partial charge on any atom is 0.0233 e. The summed E-state index contributed by atoms with van der Waals surface area (Å²) in [7, 11) is 0. The van der Waals surface area contributed by atoms with Gasteiger partial charge in [-0.2, -0.15) is 11.3 Å². The molecule has 2 rings (SSSR count). The lowest BCUT2D eigenvalue weighted by atomic mass is 10.1. The van der Waals surface area contributed by atoms with Crippen molar-refractivity contribution in [3.8, 4) is 0 Å². The lowest BCUT2D eigenvalue weighted by Gasteiger charge is -2.23. The quantitative estimate of drug-likeness (QED) is 0.708. The van der Waals surface area contributed by atoms with E-state index in [0.717, 1.165) is 26.1 Å². The Morgan fingerprint density at radius 1 is 1.50 bits per heavy atom. The molecule has 0 spiro atoms. The molecule has 0 amide bonds. The summed E-state index contributed by atoms with van der Waals surface area (Å²) in [5.41, 5.74) is 1.46. The minimum absolute atomic E-state index is 0.633. The summed E-state index contributed by atoms with van der Waals surface area (Å²) in [5.74, 6) is 0. The van der Waals surface area contributed by atoms with Gasteiger partial charge in [-0.3, -0.25) is 0 Å². The van der Waals surface area contributed by atoms with Gasteiger partial charge < -0.3 is 10.6 Å². The zero-order valence-corrected chi connectivity index (χ0v) is 7.86. The Labute approximate surface area is 77.0 Å². The fourth-order valence-electron chi connectivity index (χ4n) is 1.55. The van der Waals surface area contributed by atoms with Crippen LogP contribution in [0, 0.1) is 0 Å². The molecule has 0 bridgehead atoms. The number of nitrogens with one attached hydrogen (secondary N) is 2. The predicted octanol–water partition coefficient (Wildman–Crippen LogP) is 0.852. The molecule has 0 saturated carbocycles. The molecule has 1 aromatic rings. The van der Waals surface area contributed by atoms with Crippen LogP contribution in [0.15, 0.2) is 16.8 Å². The number of hydrogen-bond acceptors (Lipinski definition) is 3. The van der Waals surface area contributed by atoms with Gasteiger partial charge in [0.1, 0.15) is 0 Å². The van der Waals surface area contributed by atoms with Crippen LogP contribution >= 0.6 is 11.3 Å². The van der Waals surface area contributed by atoms with Crippen molar-refractivity contribution in [1.29, 1.82) is 0 Å².